The molecule has 2 aromatic heterocycles. The fourth-order valence-electron chi connectivity index (χ4n) is 3.01. The number of carbonyl (C=O) groups excluding carboxylic acids is 1. The van der Waals surface area contributed by atoms with Gasteiger partial charge in [-0.2, -0.15) is 0 Å². The van der Waals surface area contributed by atoms with E-state index >= 15 is 0 Å². The number of fused-ring (bicyclic) bond motifs is 1. The van der Waals surface area contributed by atoms with Crippen molar-refractivity contribution in [3.05, 3.63) is 72.9 Å². The summed E-state index contributed by atoms with van der Waals surface area (Å²) in [6.45, 7) is 3.11. The number of nitrogens with one attached hydrogen (secondary N) is 2. The van der Waals surface area contributed by atoms with Crippen LogP contribution in [0.4, 0.5) is 11.5 Å². The molecule has 37 heavy (non-hydrogen) atoms. The predicted octanol–water partition coefficient (Wildman–Crippen LogP) is 1.26. The summed E-state index contributed by atoms with van der Waals surface area (Å²) >= 11 is 2.91. The number of thioether (sulfide) groups is 1. The summed E-state index contributed by atoms with van der Waals surface area (Å²) in [5.74, 6) is 0.254. The van der Waals surface area contributed by atoms with Crippen LogP contribution in [-0.4, -0.2) is 56.5 Å². The fourth-order valence-corrected chi connectivity index (χ4v) is 5.89. The largest absolute Gasteiger partial charge is 1.00 e. The molecule has 0 atom stereocenters. The highest BCUT2D eigenvalue weighted by Crippen LogP contribution is 2.29. The van der Waals surface area contributed by atoms with Gasteiger partial charge in [-0.25, -0.2) is 18.4 Å². The molecule has 9 nitrogen and oxygen atoms in total. The molecular weight excluding hydrogens is 556 g/mol. The van der Waals surface area contributed by atoms with Gasteiger partial charge >= 0.3 is 0 Å². The van der Waals surface area contributed by atoms with Crippen LogP contribution in [0, 0.1) is 0 Å². The molecule has 2 N–H and O–H groups in total. The summed E-state index contributed by atoms with van der Waals surface area (Å²) in [7, 11) is -3.75. The SMILES string of the molecule is C1COCCO1.O=C(CSc1nc2ccccc2s1)Nc1ccc(S(=O)(=O)Nc2ccccn2)cc1.[Cl-]. The van der Waals surface area contributed by atoms with Crippen LogP contribution in [0.25, 0.3) is 10.2 Å². The first-order chi connectivity index (χ1) is 17.5. The van der Waals surface area contributed by atoms with E-state index < -0.39 is 10.0 Å². The molecular formula is C24H24ClN4O5S3-. The molecule has 3 heterocycles. The van der Waals surface area contributed by atoms with Crippen molar-refractivity contribution in [2.75, 3.05) is 42.2 Å². The number of nitrogens with zero attached hydrogens (tertiary/aromatic N) is 2. The topological polar surface area (TPSA) is 120 Å². The molecule has 0 bridgehead atoms. The second-order valence-electron chi connectivity index (χ2n) is 7.35. The molecule has 0 unspecified atom stereocenters. The van der Waals surface area contributed by atoms with Gasteiger partial charge in [0.05, 0.1) is 47.3 Å². The number of para-hydroxylation sites is 1. The average molecular weight is 580 g/mol. The van der Waals surface area contributed by atoms with Gasteiger partial charge in [0.2, 0.25) is 5.91 Å². The molecule has 2 aromatic carbocycles. The minimum Gasteiger partial charge on any atom is -1.00 e. The predicted molar refractivity (Wildman–Crippen MR) is 142 cm³/mol. The van der Waals surface area contributed by atoms with E-state index in [1.807, 2.05) is 24.3 Å². The van der Waals surface area contributed by atoms with Crippen LogP contribution in [0.2, 0.25) is 0 Å². The van der Waals surface area contributed by atoms with E-state index in [2.05, 4.69) is 20.0 Å². The van der Waals surface area contributed by atoms with Gasteiger partial charge in [0.25, 0.3) is 10.0 Å². The first-order valence-electron chi connectivity index (χ1n) is 11.0. The number of hydrogen-bond acceptors (Lipinski definition) is 9. The number of anilines is 2. The van der Waals surface area contributed by atoms with Gasteiger partial charge in [-0.05, 0) is 48.5 Å². The van der Waals surface area contributed by atoms with Gasteiger partial charge in [0.15, 0.2) is 4.34 Å². The van der Waals surface area contributed by atoms with Crippen molar-refractivity contribution in [2.24, 2.45) is 0 Å². The van der Waals surface area contributed by atoms with Crippen molar-refractivity contribution < 1.29 is 35.1 Å². The lowest BCUT2D eigenvalue weighted by Gasteiger charge is -2.09. The van der Waals surface area contributed by atoms with Crippen molar-refractivity contribution in [1.82, 2.24) is 9.97 Å². The number of hydrogen-bond donors (Lipinski definition) is 2. The summed E-state index contributed by atoms with van der Waals surface area (Å²) in [6.07, 6.45) is 1.50. The van der Waals surface area contributed by atoms with Crippen LogP contribution in [-0.2, 0) is 24.3 Å². The first kappa shape index (κ1) is 28.8. The summed E-state index contributed by atoms with van der Waals surface area (Å²) in [5.41, 5.74) is 1.43. The molecule has 1 aliphatic rings. The number of rotatable bonds is 7. The number of thiazole rings is 1. The molecule has 1 amide bonds. The van der Waals surface area contributed by atoms with Gasteiger partial charge in [-0.1, -0.05) is 30.0 Å². The smallest absolute Gasteiger partial charge is 0.263 e. The molecule has 1 fully saturated rings. The Balaban J connectivity index is 0.000000479. The molecule has 1 saturated heterocycles. The zero-order valence-electron chi connectivity index (χ0n) is 19.5. The summed E-state index contributed by atoms with van der Waals surface area (Å²) in [5, 5.41) is 2.76. The Kier molecular flexibility index (Phi) is 11.1. The Bertz CT molecular complexity index is 1340. The number of aromatic nitrogens is 2. The average Bonchev–Trinajstić information content (AvgIpc) is 3.33. The van der Waals surface area contributed by atoms with Crippen LogP contribution in [0.1, 0.15) is 0 Å². The number of halogens is 1. The van der Waals surface area contributed by atoms with Crippen molar-refractivity contribution in [2.45, 2.75) is 9.24 Å². The Hall–Kier alpha value is -2.74. The Labute approximate surface area is 229 Å². The molecule has 0 spiro atoms. The maximum atomic E-state index is 12.4. The van der Waals surface area contributed by atoms with Gasteiger partial charge in [-0.15, -0.1) is 11.3 Å². The summed E-state index contributed by atoms with van der Waals surface area (Å²) in [6, 6.07) is 18.7. The lowest BCUT2D eigenvalue weighted by atomic mass is 10.3. The maximum Gasteiger partial charge on any atom is 0.263 e. The van der Waals surface area contributed by atoms with Crippen LogP contribution in [0.15, 0.2) is 82.2 Å². The minimum atomic E-state index is -3.75. The van der Waals surface area contributed by atoms with Gasteiger partial charge in [0, 0.05) is 11.9 Å². The number of carbonyl (C=O) groups is 1. The van der Waals surface area contributed by atoms with Gasteiger partial charge < -0.3 is 27.2 Å². The van der Waals surface area contributed by atoms with Crippen molar-refractivity contribution in [3.63, 3.8) is 0 Å². The highest BCUT2D eigenvalue weighted by atomic mass is 35.5. The van der Waals surface area contributed by atoms with Crippen molar-refractivity contribution in [1.29, 1.82) is 0 Å². The number of benzene rings is 2. The standard InChI is InChI=1S/C20H16N4O3S3.C4H8O2.ClH/c25-19(13-28-20-23-16-5-1-2-6-17(16)29-20)22-14-8-10-15(11-9-14)30(26,27)24-18-7-3-4-12-21-18;1-2-6-4-3-5-1;/h1-12H,13H2,(H,21,24)(H,22,25);1-4H2;1H/p-1. The van der Waals surface area contributed by atoms with E-state index in [4.69, 9.17) is 9.47 Å². The Morgan fingerprint density at radius 2 is 1.62 bits per heavy atom. The van der Waals surface area contributed by atoms with E-state index in [0.29, 0.717) is 5.69 Å². The highest BCUT2D eigenvalue weighted by Gasteiger charge is 2.15. The first-order valence-corrected chi connectivity index (χ1v) is 14.3. The van der Waals surface area contributed by atoms with Crippen molar-refractivity contribution in [3.8, 4) is 0 Å². The van der Waals surface area contributed by atoms with E-state index in [1.54, 1.807) is 41.7 Å². The Morgan fingerprint density at radius 3 is 2.24 bits per heavy atom. The van der Waals surface area contributed by atoms with Gasteiger partial charge in [-0.3, -0.25) is 9.52 Å². The second kappa shape index (κ2) is 14.3. The molecule has 1 aliphatic heterocycles. The van der Waals surface area contributed by atoms with Crippen LogP contribution >= 0.6 is 23.1 Å². The molecule has 196 valence electrons. The zero-order valence-corrected chi connectivity index (χ0v) is 22.7. The zero-order chi connectivity index (χ0) is 25.2. The normalized spacial score (nSPS) is 13.1. The quantitative estimate of drug-likeness (QED) is 0.314. The van der Waals surface area contributed by atoms with Crippen molar-refractivity contribution >= 4 is 60.8 Å². The molecule has 0 radical (unpaired) electrons. The van der Waals surface area contributed by atoms with Crippen LogP contribution in [0.3, 0.4) is 0 Å². The molecule has 13 heteroatoms. The maximum absolute atomic E-state index is 12.4. The van der Waals surface area contributed by atoms with E-state index in [0.717, 1.165) is 41.0 Å². The summed E-state index contributed by atoms with van der Waals surface area (Å²) in [4.78, 5) is 20.7. The Morgan fingerprint density at radius 1 is 0.946 bits per heavy atom. The number of ether oxygens (including phenoxy) is 2. The summed E-state index contributed by atoms with van der Waals surface area (Å²) < 4.78 is 39.0. The molecule has 0 aliphatic carbocycles. The van der Waals surface area contributed by atoms with Crippen LogP contribution in [0.5, 0.6) is 0 Å². The number of pyridine rings is 1. The third kappa shape index (κ3) is 8.95. The second-order valence-corrected chi connectivity index (χ2v) is 11.3. The third-order valence-corrected chi connectivity index (χ3v) is 8.25. The van der Waals surface area contributed by atoms with E-state index in [1.165, 1.54) is 30.1 Å². The van der Waals surface area contributed by atoms with Gasteiger partial charge in [0.1, 0.15) is 5.82 Å². The monoisotopic (exact) mass is 579 g/mol. The molecule has 0 saturated carbocycles. The van der Waals surface area contributed by atoms with E-state index in [-0.39, 0.29) is 34.8 Å². The lowest BCUT2D eigenvalue weighted by molar-refractivity contribution is -0.113. The van der Waals surface area contributed by atoms with E-state index in [9.17, 15) is 13.2 Å². The molecule has 5 rings (SSSR count). The lowest BCUT2D eigenvalue weighted by Crippen LogP contribution is -3.00. The third-order valence-electron chi connectivity index (χ3n) is 4.70. The number of sulfonamides is 1. The highest BCUT2D eigenvalue weighted by molar-refractivity contribution is 8.01. The number of amides is 1. The fraction of sp³-hybridized carbons (Fsp3) is 0.208. The van der Waals surface area contributed by atoms with Crippen LogP contribution < -0.4 is 22.4 Å². The molecule has 4 aromatic rings. The minimum absolute atomic E-state index is 0.